The number of hydrogen-bond acceptors (Lipinski definition) is 3. The zero-order valence-corrected chi connectivity index (χ0v) is 6.34. The fraction of sp³-hybridized carbons (Fsp3) is 0.857. The Morgan fingerprint density at radius 1 is 1.60 bits per heavy atom. The number of carbonyl (C=O) groups excluding carboxylic acids is 1. The Morgan fingerprint density at radius 3 is 2.60 bits per heavy atom. The van der Waals surface area contributed by atoms with Gasteiger partial charge in [-0.15, -0.1) is 0 Å². The van der Waals surface area contributed by atoms with Crippen molar-refractivity contribution in [2.75, 3.05) is 6.54 Å². The molecule has 0 heterocycles. The molecule has 0 aromatic rings. The summed E-state index contributed by atoms with van der Waals surface area (Å²) in [6.07, 6.45) is 1.49. The van der Waals surface area contributed by atoms with Crippen LogP contribution in [0, 0.1) is 0 Å². The van der Waals surface area contributed by atoms with Crippen LogP contribution in [0.2, 0.25) is 0 Å². The first-order valence-electron chi connectivity index (χ1n) is 3.57. The number of nitrogens with two attached hydrogens (primary N) is 1. The molecule has 60 valence electrons. The third-order valence-electron chi connectivity index (χ3n) is 1.40. The van der Waals surface area contributed by atoms with E-state index in [1.807, 2.05) is 0 Å². The summed E-state index contributed by atoms with van der Waals surface area (Å²) in [7, 11) is 0. The molecule has 1 atom stereocenters. The van der Waals surface area contributed by atoms with Gasteiger partial charge in [-0.05, 0) is 32.7 Å². The second-order valence-electron chi connectivity index (χ2n) is 2.41. The van der Waals surface area contributed by atoms with Gasteiger partial charge in [0.1, 0.15) is 6.10 Å². The Labute approximate surface area is 61.2 Å². The maximum atomic E-state index is 10.5. The van der Waals surface area contributed by atoms with E-state index < -0.39 is 6.10 Å². The van der Waals surface area contributed by atoms with Crippen LogP contribution in [0.15, 0.2) is 0 Å². The number of Topliss-reactive ketones (excluding diaryl/α,β-unsaturated/α-hetero) is 1. The molecule has 0 saturated carbocycles. The van der Waals surface area contributed by atoms with Crippen LogP contribution < -0.4 is 5.73 Å². The van der Waals surface area contributed by atoms with E-state index in [0.29, 0.717) is 13.0 Å². The summed E-state index contributed by atoms with van der Waals surface area (Å²) < 4.78 is 0. The maximum Gasteiger partial charge on any atom is 0.158 e. The van der Waals surface area contributed by atoms with E-state index in [0.717, 1.165) is 12.8 Å². The van der Waals surface area contributed by atoms with Gasteiger partial charge in [-0.25, -0.2) is 0 Å². The van der Waals surface area contributed by atoms with Crippen LogP contribution in [0.4, 0.5) is 0 Å². The number of hydrogen-bond donors (Lipinski definition) is 2. The van der Waals surface area contributed by atoms with Crippen molar-refractivity contribution in [3.8, 4) is 0 Å². The third-order valence-corrected chi connectivity index (χ3v) is 1.40. The number of rotatable bonds is 5. The Bertz CT molecular complexity index is 104. The Morgan fingerprint density at radius 2 is 2.20 bits per heavy atom. The summed E-state index contributed by atoms with van der Waals surface area (Å²) in [6, 6.07) is 0. The van der Waals surface area contributed by atoms with Crippen LogP contribution in [-0.4, -0.2) is 23.5 Å². The Kier molecular flexibility index (Phi) is 5.16. The number of aliphatic hydroxyl groups is 1. The van der Waals surface area contributed by atoms with Crippen molar-refractivity contribution in [1.82, 2.24) is 0 Å². The van der Waals surface area contributed by atoms with Crippen LogP contribution in [-0.2, 0) is 4.79 Å². The molecule has 0 rings (SSSR count). The lowest BCUT2D eigenvalue weighted by Gasteiger charge is -2.04. The van der Waals surface area contributed by atoms with E-state index in [-0.39, 0.29) is 5.78 Å². The zero-order chi connectivity index (χ0) is 7.98. The summed E-state index contributed by atoms with van der Waals surface area (Å²) in [4.78, 5) is 10.5. The van der Waals surface area contributed by atoms with E-state index in [1.54, 1.807) is 0 Å². The molecule has 0 saturated heterocycles. The van der Waals surface area contributed by atoms with E-state index in [4.69, 9.17) is 10.8 Å². The summed E-state index contributed by atoms with van der Waals surface area (Å²) >= 11 is 0. The van der Waals surface area contributed by atoms with Gasteiger partial charge in [-0.2, -0.15) is 0 Å². The lowest BCUT2D eigenvalue weighted by molar-refractivity contribution is -0.125. The quantitative estimate of drug-likeness (QED) is 0.538. The summed E-state index contributed by atoms with van der Waals surface area (Å²) in [5, 5.41) is 8.96. The van der Waals surface area contributed by atoms with Crippen molar-refractivity contribution < 1.29 is 9.90 Å². The first kappa shape index (κ1) is 9.59. The molecule has 0 unspecified atom stereocenters. The number of carbonyl (C=O) groups is 1. The second-order valence-corrected chi connectivity index (χ2v) is 2.41. The van der Waals surface area contributed by atoms with Gasteiger partial charge in [0.2, 0.25) is 0 Å². The van der Waals surface area contributed by atoms with Crippen molar-refractivity contribution >= 4 is 5.78 Å². The van der Waals surface area contributed by atoms with Gasteiger partial charge in [0.05, 0.1) is 0 Å². The topological polar surface area (TPSA) is 63.3 Å². The number of aliphatic hydroxyl groups excluding tert-OH is 1. The molecule has 0 radical (unpaired) electrons. The summed E-state index contributed by atoms with van der Waals surface area (Å²) in [5.41, 5.74) is 5.22. The highest BCUT2D eigenvalue weighted by Gasteiger charge is 2.07. The predicted octanol–water partition coefficient (Wildman–Crippen LogP) is 0.0653. The van der Waals surface area contributed by atoms with Gasteiger partial charge in [-0.3, -0.25) is 4.79 Å². The largest absolute Gasteiger partial charge is 0.385 e. The summed E-state index contributed by atoms with van der Waals surface area (Å²) in [6.45, 7) is 2.03. The third kappa shape index (κ3) is 4.47. The number of unbranched alkanes of at least 4 members (excludes halogenated alkanes) is 1. The van der Waals surface area contributed by atoms with Crippen molar-refractivity contribution in [3.05, 3.63) is 0 Å². The van der Waals surface area contributed by atoms with Crippen LogP contribution in [0.3, 0.4) is 0 Å². The lowest BCUT2D eigenvalue weighted by atomic mass is 10.1. The van der Waals surface area contributed by atoms with E-state index in [9.17, 15) is 4.79 Å². The van der Waals surface area contributed by atoms with Gasteiger partial charge in [0.25, 0.3) is 0 Å². The molecule has 0 fully saturated rings. The molecule has 10 heavy (non-hydrogen) atoms. The van der Waals surface area contributed by atoms with Crippen molar-refractivity contribution in [3.63, 3.8) is 0 Å². The first-order chi connectivity index (χ1) is 4.68. The fourth-order valence-corrected chi connectivity index (χ4v) is 0.685. The maximum absolute atomic E-state index is 10.5. The molecule has 0 spiro atoms. The van der Waals surface area contributed by atoms with Gasteiger partial charge < -0.3 is 10.8 Å². The zero-order valence-electron chi connectivity index (χ0n) is 6.34. The van der Waals surface area contributed by atoms with Crippen molar-refractivity contribution in [2.45, 2.75) is 32.3 Å². The second kappa shape index (κ2) is 5.38. The van der Waals surface area contributed by atoms with E-state index >= 15 is 0 Å². The van der Waals surface area contributed by atoms with Crippen molar-refractivity contribution in [1.29, 1.82) is 0 Å². The number of ketones is 1. The minimum absolute atomic E-state index is 0.156. The average Bonchev–Trinajstić information content (AvgIpc) is 1.88. The smallest absolute Gasteiger partial charge is 0.158 e. The molecule has 0 amide bonds. The average molecular weight is 145 g/mol. The molecular formula is C7H15NO2. The molecule has 0 aromatic heterocycles. The molecule has 3 heteroatoms. The van der Waals surface area contributed by atoms with E-state index in [2.05, 4.69) is 0 Å². The van der Waals surface area contributed by atoms with Crippen LogP contribution in [0.1, 0.15) is 26.2 Å². The van der Waals surface area contributed by atoms with Crippen LogP contribution >= 0.6 is 0 Å². The normalized spacial score (nSPS) is 13.1. The predicted molar refractivity (Wildman–Crippen MR) is 39.6 cm³/mol. The van der Waals surface area contributed by atoms with Crippen LogP contribution in [0.5, 0.6) is 0 Å². The standard InChI is InChI=1S/C7H15NO2/c1-6(9)7(10)4-2-3-5-8/h7,10H,2-5,8H2,1H3/t7-/m0/s1. The molecular weight excluding hydrogens is 130 g/mol. The van der Waals surface area contributed by atoms with Gasteiger partial charge >= 0.3 is 0 Å². The highest BCUT2D eigenvalue weighted by atomic mass is 16.3. The molecule has 0 bridgehead atoms. The Hall–Kier alpha value is -0.410. The van der Waals surface area contributed by atoms with Crippen molar-refractivity contribution in [2.24, 2.45) is 5.73 Å². The van der Waals surface area contributed by atoms with Gasteiger partial charge in [0.15, 0.2) is 5.78 Å². The highest BCUT2D eigenvalue weighted by molar-refractivity contribution is 5.79. The van der Waals surface area contributed by atoms with Crippen LogP contribution in [0.25, 0.3) is 0 Å². The lowest BCUT2D eigenvalue weighted by Crippen LogP contribution is -2.16. The minimum atomic E-state index is -0.772. The van der Waals surface area contributed by atoms with E-state index in [1.165, 1.54) is 6.92 Å². The Balaban J connectivity index is 3.21. The fourth-order valence-electron chi connectivity index (χ4n) is 0.685. The molecule has 0 aliphatic heterocycles. The monoisotopic (exact) mass is 145 g/mol. The molecule has 3 nitrogen and oxygen atoms in total. The molecule has 0 aromatic carbocycles. The molecule has 3 N–H and O–H groups in total. The highest BCUT2D eigenvalue weighted by Crippen LogP contribution is 1.99. The summed E-state index contributed by atoms with van der Waals surface area (Å²) in [5.74, 6) is -0.156. The van der Waals surface area contributed by atoms with Gasteiger partial charge in [-0.1, -0.05) is 0 Å². The molecule has 0 aliphatic carbocycles. The minimum Gasteiger partial charge on any atom is -0.385 e. The SMILES string of the molecule is CC(=O)[C@@H](O)CCCCN. The molecule has 0 aliphatic rings. The van der Waals surface area contributed by atoms with Gasteiger partial charge in [0, 0.05) is 0 Å². The first-order valence-corrected chi connectivity index (χ1v) is 3.57.